The van der Waals surface area contributed by atoms with Crippen molar-refractivity contribution >= 4 is 17.5 Å². The number of hydrogen-bond donors (Lipinski definition) is 2. The van der Waals surface area contributed by atoms with Crippen LogP contribution in [0.15, 0.2) is 78.9 Å². The number of hydrogen-bond acceptors (Lipinski definition) is 4. The Balaban J connectivity index is 1.47. The Bertz CT molecular complexity index is 1310. The smallest absolute Gasteiger partial charge is 0.220 e. The van der Waals surface area contributed by atoms with Gasteiger partial charge in [0.2, 0.25) is 5.91 Å². The molecule has 1 amide bonds. The van der Waals surface area contributed by atoms with E-state index in [9.17, 15) is 14.3 Å². The lowest BCUT2D eigenvalue weighted by atomic mass is 10.1. The molecule has 3 aromatic carbocycles. The number of halogens is 2. The highest BCUT2D eigenvalue weighted by Gasteiger charge is 2.15. The number of aliphatic hydroxyl groups is 1. The minimum absolute atomic E-state index is 0.0774. The second kappa shape index (κ2) is 11.2. The lowest BCUT2D eigenvalue weighted by Crippen LogP contribution is -2.28. The Labute approximate surface area is 207 Å². The highest BCUT2D eigenvalue weighted by molar-refractivity contribution is 6.30. The van der Waals surface area contributed by atoms with Gasteiger partial charge in [-0.05, 0) is 60.2 Å². The molecule has 4 rings (SSSR count). The molecule has 0 fully saturated rings. The Morgan fingerprint density at radius 3 is 2.60 bits per heavy atom. The summed E-state index contributed by atoms with van der Waals surface area (Å²) < 4.78 is 20.9. The van der Waals surface area contributed by atoms with Gasteiger partial charge in [-0.25, -0.2) is 9.07 Å². The molecule has 0 bridgehead atoms. The number of carbonyl (C=O) groups excluding carboxylic acids is 1. The summed E-state index contributed by atoms with van der Waals surface area (Å²) in [5, 5.41) is 18.2. The number of ether oxygens (including phenoxy) is 1. The number of aryl methyl sites for hydroxylation is 1. The normalized spacial score (nSPS) is 11.8. The third-order valence-corrected chi connectivity index (χ3v) is 5.77. The van der Waals surface area contributed by atoms with E-state index in [-0.39, 0.29) is 24.7 Å². The first kappa shape index (κ1) is 24.4. The van der Waals surface area contributed by atoms with Crippen molar-refractivity contribution in [2.24, 2.45) is 0 Å². The summed E-state index contributed by atoms with van der Waals surface area (Å²) in [6, 6.07) is 22.4. The second-order valence-corrected chi connectivity index (χ2v) is 8.45. The van der Waals surface area contributed by atoms with Crippen molar-refractivity contribution in [1.29, 1.82) is 0 Å². The molecule has 2 N–H and O–H groups in total. The van der Waals surface area contributed by atoms with E-state index in [4.69, 9.17) is 16.3 Å². The summed E-state index contributed by atoms with van der Waals surface area (Å²) in [5.41, 5.74) is 3.49. The maximum absolute atomic E-state index is 13.9. The number of aromatic nitrogens is 2. The van der Waals surface area contributed by atoms with Gasteiger partial charge < -0.3 is 15.2 Å². The Hall–Kier alpha value is -3.68. The minimum Gasteiger partial charge on any atom is -0.497 e. The maximum atomic E-state index is 13.9. The van der Waals surface area contributed by atoms with Crippen molar-refractivity contribution in [3.63, 3.8) is 0 Å². The standard InChI is InChI=1S/C27H25ClFN3O3/c1-35-24-11-9-23(10-12-24)32-25(18-4-3-7-21(29)15-18)16-22(31-32)8-13-27(34)30-17-26(33)19-5-2-6-20(28)14-19/h2-7,9-12,14-16,26,33H,8,13,17H2,1H3,(H,30,34). The number of methoxy groups -OCH3 is 1. The van der Waals surface area contributed by atoms with E-state index in [1.165, 1.54) is 12.1 Å². The molecule has 35 heavy (non-hydrogen) atoms. The van der Waals surface area contributed by atoms with Crippen molar-refractivity contribution in [1.82, 2.24) is 15.1 Å². The van der Waals surface area contributed by atoms with Gasteiger partial charge >= 0.3 is 0 Å². The van der Waals surface area contributed by atoms with E-state index < -0.39 is 6.10 Å². The largest absolute Gasteiger partial charge is 0.497 e. The van der Waals surface area contributed by atoms with Crippen LogP contribution in [0, 0.1) is 5.82 Å². The first-order chi connectivity index (χ1) is 16.9. The summed E-state index contributed by atoms with van der Waals surface area (Å²) >= 11 is 5.96. The number of carbonyl (C=O) groups is 1. The van der Waals surface area contributed by atoms with E-state index in [2.05, 4.69) is 10.4 Å². The van der Waals surface area contributed by atoms with Crippen LogP contribution in [-0.4, -0.2) is 34.4 Å². The molecule has 0 radical (unpaired) electrons. The molecule has 6 nitrogen and oxygen atoms in total. The maximum Gasteiger partial charge on any atom is 0.220 e. The van der Waals surface area contributed by atoms with Crippen LogP contribution in [0.1, 0.15) is 23.8 Å². The van der Waals surface area contributed by atoms with Gasteiger partial charge in [0.25, 0.3) is 0 Å². The van der Waals surface area contributed by atoms with Gasteiger partial charge in [-0.2, -0.15) is 5.10 Å². The molecule has 4 aromatic rings. The van der Waals surface area contributed by atoms with Crippen LogP contribution >= 0.6 is 11.6 Å². The van der Waals surface area contributed by atoms with Crippen molar-refractivity contribution in [2.45, 2.75) is 18.9 Å². The van der Waals surface area contributed by atoms with Crippen LogP contribution in [0.25, 0.3) is 16.9 Å². The number of nitrogens with zero attached hydrogens (tertiary/aromatic N) is 2. The number of aliphatic hydroxyl groups excluding tert-OH is 1. The van der Waals surface area contributed by atoms with Crippen molar-refractivity contribution in [3.8, 4) is 22.7 Å². The molecule has 1 aromatic heterocycles. The molecule has 1 heterocycles. The van der Waals surface area contributed by atoms with E-state index >= 15 is 0 Å². The van der Waals surface area contributed by atoms with Crippen molar-refractivity contribution < 1.29 is 19.0 Å². The first-order valence-electron chi connectivity index (χ1n) is 11.1. The Kier molecular flexibility index (Phi) is 7.80. The number of nitrogens with one attached hydrogen (secondary N) is 1. The fraction of sp³-hybridized carbons (Fsp3) is 0.185. The monoisotopic (exact) mass is 493 g/mol. The fourth-order valence-electron chi connectivity index (χ4n) is 3.70. The number of benzene rings is 3. The van der Waals surface area contributed by atoms with Crippen molar-refractivity contribution in [2.75, 3.05) is 13.7 Å². The Morgan fingerprint density at radius 2 is 1.89 bits per heavy atom. The Morgan fingerprint density at radius 1 is 1.11 bits per heavy atom. The van der Waals surface area contributed by atoms with E-state index in [0.29, 0.717) is 39.7 Å². The van der Waals surface area contributed by atoms with Crippen LogP contribution in [0.4, 0.5) is 4.39 Å². The predicted octanol–water partition coefficient (Wildman–Crippen LogP) is 5.12. The molecule has 0 saturated heterocycles. The number of amides is 1. The highest BCUT2D eigenvalue weighted by atomic mass is 35.5. The van der Waals surface area contributed by atoms with E-state index in [0.717, 1.165) is 5.69 Å². The quantitative estimate of drug-likeness (QED) is 0.339. The average molecular weight is 494 g/mol. The van der Waals surface area contributed by atoms with Crippen LogP contribution in [0.2, 0.25) is 5.02 Å². The van der Waals surface area contributed by atoms with Gasteiger partial charge in [0.05, 0.1) is 30.3 Å². The van der Waals surface area contributed by atoms with E-state index in [1.54, 1.807) is 42.1 Å². The molecule has 0 spiro atoms. The predicted molar refractivity (Wildman–Crippen MR) is 133 cm³/mol. The zero-order chi connectivity index (χ0) is 24.8. The molecule has 180 valence electrons. The van der Waals surface area contributed by atoms with Gasteiger partial charge in [-0.3, -0.25) is 4.79 Å². The summed E-state index contributed by atoms with van der Waals surface area (Å²) in [7, 11) is 1.60. The molecule has 0 aliphatic rings. The summed E-state index contributed by atoms with van der Waals surface area (Å²) in [4.78, 5) is 12.4. The van der Waals surface area contributed by atoms with Gasteiger partial charge in [-0.15, -0.1) is 0 Å². The summed E-state index contributed by atoms with van der Waals surface area (Å²) in [6.45, 7) is 0.0774. The fourth-order valence-corrected chi connectivity index (χ4v) is 3.90. The zero-order valence-corrected chi connectivity index (χ0v) is 19.9. The van der Waals surface area contributed by atoms with Crippen LogP contribution < -0.4 is 10.1 Å². The van der Waals surface area contributed by atoms with Crippen molar-refractivity contribution in [3.05, 3.63) is 101 Å². The molecular weight excluding hydrogens is 469 g/mol. The minimum atomic E-state index is -0.855. The highest BCUT2D eigenvalue weighted by Crippen LogP contribution is 2.26. The average Bonchev–Trinajstić information content (AvgIpc) is 3.30. The lowest BCUT2D eigenvalue weighted by Gasteiger charge is -2.12. The topological polar surface area (TPSA) is 76.4 Å². The second-order valence-electron chi connectivity index (χ2n) is 8.02. The third kappa shape index (κ3) is 6.26. The van der Waals surface area contributed by atoms with Crippen LogP contribution in [0.5, 0.6) is 5.75 Å². The summed E-state index contributed by atoms with van der Waals surface area (Å²) in [6.07, 6.45) is -0.291. The van der Waals surface area contributed by atoms with E-state index in [1.807, 2.05) is 36.4 Å². The summed E-state index contributed by atoms with van der Waals surface area (Å²) in [5.74, 6) is 0.159. The SMILES string of the molecule is COc1ccc(-n2nc(CCC(=O)NCC(O)c3cccc(Cl)c3)cc2-c2cccc(F)c2)cc1. The molecule has 1 unspecified atom stereocenters. The van der Waals surface area contributed by atoms with Gasteiger partial charge in [0, 0.05) is 30.0 Å². The van der Waals surface area contributed by atoms with Gasteiger partial charge in [0.15, 0.2) is 0 Å². The molecule has 0 aliphatic heterocycles. The molecule has 8 heteroatoms. The van der Waals surface area contributed by atoms with Gasteiger partial charge in [0.1, 0.15) is 11.6 Å². The lowest BCUT2D eigenvalue weighted by molar-refractivity contribution is -0.121. The molecular formula is C27H25ClFN3O3. The zero-order valence-electron chi connectivity index (χ0n) is 19.1. The third-order valence-electron chi connectivity index (χ3n) is 5.53. The number of rotatable bonds is 9. The van der Waals surface area contributed by atoms with Gasteiger partial charge in [-0.1, -0.05) is 35.9 Å². The molecule has 0 saturated carbocycles. The van der Waals surface area contributed by atoms with Crippen LogP contribution in [0.3, 0.4) is 0 Å². The van der Waals surface area contributed by atoms with Crippen LogP contribution in [-0.2, 0) is 11.2 Å². The molecule has 0 aliphatic carbocycles. The molecule has 1 atom stereocenters. The first-order valence-corrected chi connectivity index (χ1v) is 11.5.